The Morgan fingerprint density at radius 1 is 1.12 bits per heavy atom. The van der Waals surface area contributed by atoms with Crippen molar-refractivity contribution in [2.45, 2.75) is 13.3 Å². The Hall–Kier alpha value is -2.33. The summed E-state index contributed by atoms with van der Waals surface area (Å²) < 4.78 is 0. The van der Waals surface area contributed by atoms with Crippen LogP contribution in [-0.2, 0) is 11.2 Å². The van der Waals surface area contributed by atoms with Crippen molar-refractivity contribution in [3.8, 4) is 0 Å². The van der Waals surface area contributed by atoms with Gasteiger partial charge in [0.25, 0.3) is 0 Å². The van der Waals surface area contributed by atoms with E-state index in [1.54, 1.807) is 0 Å². The van der Waals surface area contributed by atoms with Gasteiger partial charge in [0.2, 0.25) is 5.91 Å². The van der Waals surface area contributed by atoms with E-state index in [0.29, 0.717) is 5.92 Å². The standard InChI is InChI=1S/C20H23N3O/c1-14(16-12-21-13-16)20(24)22-17-7-3-5-9-19(17)23-11-10-15-6-2-4-8-18(15)23/h2-9,14,16,21H,10-13H2,1H3,(H,22,24). The van der Waals surface area contributed by atoms with Crippen molar-refractivity contribution in [3.05, 3.63) is 54.1 Å². The van der Waals surface area contributed by atoms with E-state index >= 15 is 0 Å². The van der Waals surface area contributed by atoms with E-state index in [1.807, 2.05) is 25.1 Å². The number of nitrogens with one attached hydrogen (secondary N) is 2. The molecule has 4 rings (SSSR count). The summed E-state index contributed by atoms with van der Waals surface area (Å²) in [4.78, 5) is 14.9. The van der Waals surface area contributed by atoms with Gasteiger partial charge in [0.1, 0.15) is 0 Å². The van der Waals surface area contributed by atoms with E-state index < -0.39 is 0 Å². The number of anilines is 3. The molecule has 2 aromatic carbocycles. The molecular weight excluding hydrogens is 298 g/mol. The molecule has 1 fully saturated rings. The highest BCUT2D eigenvalue weighted by Crippen LogP contribution is 2.38. The predicted molar refractivity (Wildman–Crippen MR) is 97.7 cm³/mol. The van der Waals surface area contributed by atoms with Gasteiger partial charge >= 0.3 is 0 Å². The molecule has 0 aliphatic carbocycles. The molecule has 2 heterocycles. The average molecular weight is 321 g/mol. The molecular formula is C20H23N3O. The lowest BCUT2D eigenvalue weighted by molar-refractivity contribution is -0.121. The molecule has 24 heavy (non-hydrogen) atoms. The lowest BCUT2D eigenvalue weighted by Gasteiger charge is -2.32. The minimum absolute atomic E-state index is 0.0326. The van der Waals surface area contributed by atoms with Crippen LogP contribution in [0.5, 0.6) is 0 Å². The van der Waals surface area contributed by atoms with Crippen molar-refractivity contribution < 1.29 is 4.79 Å². The number of hydrogen-bond acceptors (Lipinski definition) is 3. The van der Waals surface area contributed by atoms with E-state index in [0.717, 1.165) is 37.4 Å². The molecule has 4 heteroatoms. The van der Waals surface area contributed by atoms with Gasteiger partial charge in [0.05, 0.1) is 11.4 Å². The van der Waals surface area contributed by atoms with Crippen molar-refractivity contribution in [3.63, 3.8) is 0 Å². The summed E-state index contributed by atoms with van der Waals surface area (Å²) in [5.74, 6) is 0.594. The smallest absolute Gasteiger partial charge is 0.227 e. The third-order valence-electron chi connectivity index (χ3n) is 5.27. The second kappa shape index (κ2) is 6.29. The molecule has 0 bridgehead atoms. The predicted octanol–water partition coefficient (Wildman–Crippen LogP) is 3.17. The first-order chi connectivity index (χ1) is 11.7. The Morgan fingerprint density at radius 2 is 1.83 bits per heavy atom. The molecule has 0 radical (unpaired) electrons. The molecule has 2 aromatic rings. The zero-order chi connectivity index (χ0) is 16.5. The van der Waals surface area contributed by atoms with Crippen molar-refractivity contribution >= 4 is 23.0 Å². The zero-order valence-corrected chi connectivity index (χ0v) is 14.0. The molecule has 4 nitrogen and oxygen atoms in total. The van der Waals surface area contributed by atoms with Gasteiger partial charge in [-0.1, -0.05) is 37.3 Å². The van der Waals surface area contributed by atoms with Crippen LogP contribution in [0.2, 0.25) is 0 Å². The van der Waals surface area contributed by atoms with Crippen LogP contribution in [-0.4, -0.2) is 25.5 Å². The fourth-order valence-corrected chi connectivity index (χ4v) is 3.53. The topological polar surface area (TPSA) is 44.4 Å². The summed E-state index contributed by atoms with van der Waals surface area (Å²) in [6.07, 6.45) is 1.04. The molecule has 2 aliphatic rings. The molecule has 1 unspecified atom stereocenters. The highest BCUT2D eigenvalue weighted by Gasteiger charge is 2.29. The summed E-state index contributed by atoms with van der Waals surface area (Å²) in [5.41, 5.74) is 4.59. The molecule has 0 spiro atoms. The van der Waals surface area contributed by atoms with Crippen molar-refractivity contribution in [2.24, 2.45) is 11.8 Å². The van der Waals surface area contributed by atoms with E-state index in [1.165, 1.54) is 11.3 Å². The van der Waals surface area contributed by atoms with Gasteiger partial charge in [0, 0.05) is 18.2 Å². The van der Waals surface area contributed by atoms with Gasteiger partial charge in [-0.3, -0.25) is 4.79 Å². The second-order valence-electron chi connectivity index (χ2n) is 6.74. The summed E-state index contributed by atoms with van der Waals surface area (Å²) >= 11 is 0. The maximum atomic E-state index is 12.6. The third kappa shape index (κ3) is 2.67. The molecule has 1 atom stereocenters. The summed E-state index contributed by atoms with van der Waals surface area (Å²) in [7, 11) is 0. The highest BCUT2D eigenvalue weighted by molar-refractivity contribution is 5.97. The fraction of sp³-hybridized carbons (Fsp3) is 0.350. The van der Waals surface area contributed by atoms with Crippen LogP contribution >= 0.6 is 0 Å². The molecule has 1 saturated heterocycles. The Kier molecular flexibility index (Phi) is 3.98. The Labute approximate surface area is 142 Å². The fourth-order valence-electron chi connectivity index (χ4n) is 3.53. The summed E-state index contributed by atoms with van der Waals surface area (Å²) in [6.45, 7) is 4.86. The number of hydrogen-bond donors (Lipinski definition) is 2. The number of carbonyl (C=O) groups excluding carboxylic acids is 1. The maximum absolute atomic E-state index is 12.6. The van der Waals surface area contributed by atoms with Crippen LogP contribution < -0.4 is 15.5 Å². The average Bonchev–Trinajstić information content (AvgIpc) is 2.97. The van der Waals surface area contributed by atoms with Crippen LogP contribution in [0.25, 0.3) is 0 Å². The van der Waals surface area contributed by atoms with Crippen molar-refractivity contribution in [1.29, 1.82) is 0 Å². The van der Waals surface area contributed by atoms with E-state index in [4.69, 9.17) is 0 Å². The zero-order valence-electron chi connectivity index (χ0n) is 14.0. The van der Waals surface area contributed by atoms with Gasteiger partial charge < -0.3 is 15.5 Å². The minimum Gasteiger partial charge on any atom is -0.339 e. The van der Waals surface area contributed by atoms with Crippen LogP contribution in [0, 0.1) is 11.8 Å². The molecule has 0 saturated carbocycles. The second-order valence-corrected chi connectivity index (χ2v) is 6.74. The molecule has 2 aliphatic heterocycles. The number of rotatable bonds is 4. The maximum Gasteiger partial charge on any atom is 0.227 e. The molecule has 0 aromatic heterocycles. The van der Waals surface area contributed by atoms with E-state index in [-0.39, 0.29) is 11.8 Å². The Morgan fingerprint density at radius 3 is 2.58 bits per heavy atom. The van der Waals surface area contributed by atoms with Crippen molar-refractivity contribution in [1.82, 2.24) is 5.32 Å². The third-order valence-corrected chi connectivity index (χ3v) is 5.27. The van der Waals surface area contributed by atoms with Crippen LogP contribution in [0.4, 0.5) is 17.1 Å². The Bertz CT molecular complexity index is 754. The lowest BCUT2D eigenvalue weighted by atomic mass is 9.88. The largest absolute Gasteiger partial charge is 0.339 e. The van der Waals surface area contributed by atoms with Crippen LogP contribution in [0.3, 0.4) is 0 Å². The summed E-state index contributed by atoms with van der Waals surface area (Å²) in [5, 5.41) is 6.40. The first kappa shape index (κ1) is 15.2. The van der Waals surface area contributed by atoms with Crippen molar-refractivity contribution in [2.75, 3.05) is 29.9 Å². The molecule has 124 valence electrons. The van der Waals surface area contributed by atoms with E-state index in [2.05, 4.69) is 45.9 Å². The van der Waals surface area contributed by atoms with Gasteiger partial charge in [0.15, 0.2) is 0 Å². The SMILES string of the molecule is CC(C(=O)Nc1ccccc1N1CCc2ccccc21)C1CNC1. The molecule has 2 N–H and O–H groups in total. The van der Waals surface area contributed by atoms with E-state index in [9.17, 15) is 4.79 Å². The number of amides is 1. The number of carbonyl (C=O) groups is 1. The van der Waals surface area contributed by atoms with Gasteiger partial charge in [-0.2, -0.15) is 0 Å². The first-order valence-electron chi connectivity index (χ1n) is 8.70. The monoisotopic (exact) mass is 321 g/mol. The van der Waals surface area contributed by atoms with Crippen LogP contribution in [0.1, 0.15) is 12.5 Å². The normalized spacial score (nSPS) is 18.0. The summed E-state index contributed by atoms with van der Waals surface area (Å²) in [6, 6.07) is 16.6. The molecule has 1 amide bonds. The first-order valence-corrected chi connectivity index (χ1v) is 8.70. The number of para-hydroxylation sites is 3. The number of benzene rings is 2. The number of nitrogens with zero attached hydrogens (tertiary/aromatic N) is 1. The quantitative estimate of drug-likeness (QED) is 0.909. The minimum atomic E-state index is 0.0326. The van der Waals surface area contributed by atoms with Gasteiger partial charge in [-0.15, -0.1) is 0 Å². The van der Waals surface area contributed by atoms with Crippen LogP contribution in [0.15, 0.2) is 48.5 Å². The Balaban J connectivity index is 1.58. The lowest BCUT2D eigenvalue weighted by Crippen LogP contribution is -2.48. The van der Waals surface area contributed by atoms with Gasteiger partial charge in [-0.05, 0) is 49.2 Å². The number of fused-ring (bicyclic) bond motifs is 1. The van der Waals surface area contributed by atoms with Gasteiger partial charge in [-0.25, -0.2) is 0 Å². The highest BCUT2D eigenvalue weighted by atomic mass is 16.1.